The molecule has 1 N–H and O–H groups in total. The third kappa shape index (κ3) is 4.28. The number of amides is 1. The van der Waals surface area contributed by atoms with Crippen LogP contribution in [0.25, 0.3) is 0 Å². The maximum atomic E-state index is 13.1. The van der Waals surface area contributed by atoms with Gasteiger partial charge >= 0.3 is 0 Å². The maximum Gasteiger partial charge on any atom is 0.252 e. The van der Waals surface area contributed by atoms with E-state index in [9.17, 15) is 9.18 Å². The number of benzene rings is 1. The van der Waals surface area contributed by atoms with Crippen molar-refractivity contribution in [2.45, 2.75) is 24.6 Å². The molecule has 17 heavy (non-hydrogen) atoms. The van der Waals surface area contributed by atoms with Gasteiger partial charge in [0.15, 0.2) is 0 Å². The molecule has 0 aliphatic heterocycles. The van der Waals surface area contributed by atoms with Crippen LogP contribution >= 0.6 is 27.5 Å². The molecule has 0 bridgehead atoms. The Balaban J connectivity index is 2.61. The number of rotatable bonds is 5. The van der Waals surface area contributed by atoms with Gasteiger partial charge in [-0.1, -0.05) is 46.9 Å². The highest BCUT2D eigenvalue weighted by molar-refractivity contribution is 9.09. The molecule has 1 aromatic rings. The van der Waals surface area contributed by atoms with Gasteiger partial charge in [-0.3, -0.25) is 4.79 Å². The minimum atomic E-state index is -0.580. The molecule has 1 rings (SSSR count). The van der Waals surface area contributed by atoms with Gasteiger partial charge in [0.1, 0.15) is 5.82 Å². The zero-order chi connectivity index (χ0) is 12.8. The summed E-state index contributed by atoms with van der Waals surface area (Å²) in [6.07, 6.45) is 2.00. The molecule has 0 aliphatic rings. The maximum absolute atomic E-state index is 13.1. The predicted molar refractivity (Wildman–Crippen MR) is 71.4 cm³/mol. The fourth-order valence-corrected chi connectivity index (χ4v) is 2.22. The third-order valence-corrected chi connectivity index (χ3v) is 3.45. The van der Waals surface area contributed by atoms with Crippen LogP contribution in [0.4, 0.5) is 4.39 Å². The van der Waals surface area contributed by atoms with Crippen molar-refractivity contribution in [1.29, 1.82) is 0 Å². The van der Waals surface area contributed by atoms with E-state index in [1.165, 1.54) is 18.2 Å². The Hall–Kier alpha value is -0.610. The van der Waals surface area contributed by atoms with Gasteiger partial charge in [0.25, 0.3) is 5.91 Å². The third-order valence-electron chi connectivity index (χ3n) is 2.28. The van der Waals surface area contributed by atoms with Gasteiger partial charge < -0.3 is 5.32 Å². The Morgan fingerprint density at radius 2 is 2.29 bits per heavy atom. The number of hydrogen-bond donors (Lipinski definition) is 1. The van der Waals surface area contributed by atoms with E-state index in [0.717, 1.165) is 12.8 Å². The number of hydrogen-bond acceptors (Lipinski definition) is 1. The van der Waals surface area contributed by atoms with Crippen molar-refractivity contribution in [3.8, 4) is 0 Å². The zero-order valence-corrected chi connectivity index (χ0v) is 11.8. The predicted octanol–water partition coefficient (Wildman–Crippen LogP) is 3.77. The lowest BCUT2D eigenvalue weighted by Gasteiger charge is -2.10. The summed E-state index contributed by atoms with van der Waals surface area (Å²) in [5.41, 5.74) is 0.169. The molecule has 1 unspecified atom stereocenters. The fourth-order valence-electron chi connectivity index (χ4n) is 1.39. The Labute approximate surface area is 114 Å². The molecule has 0 radical (unpaired) electrons. The second-order valence-corrected chi connectivity index (χ2v) is 5.37. The van der Waals surface area contributed by atoms with Gasteiger partial charge in [0.05, 0.1) is 10.6 Å². The number of halogens is 3. The van der Waals surface area contributed by atoms with Crippen LogP contribution in [-0.2, 0) is 0 Å². The minimum absolute atomic E-state index is 0.133. The van der Waals surface area contributed by atoms with Gasteiger partial charge in [0.2, 0.25) is 0 Å². The number of nitrogens with one attached hydrogen (secondary N) is 1. The van der Waals surface area contributed by atoms with Crippen LogP contribution in [0.15, 0.2) is 18.2 Å². The van der Waals surface area contributed by atoms with Crippen LogP contribution in [0, 0.1) is 5.82 Å². The molecule has 1 aromatic carbocycles. The van der Waals surface area contributed by atoms with E-state index in [2.05, 4.69) is 28.2 Å². The Bertz CT molecular complexity index is 400. The van der Waals surface area contributed by atoms with Gasteiger partial charge in [-0.05, 0) is 18.6 Å². The van der Waals surface area contributed by atoms with Crippen LogP contribution in [0.5, 0.6) is 0 Å². The standard InChI is InChI=1S/C12H14BrClFNO/c1-2-4-8(13)7-16-12(17)9-5-3-6-10(15)11(9)14/h3,5-6,8H,2,4,7H2,1H3,(H,16,17). The molecular weight excluding hydrogens is 308 g/mol. The quantitative estimate of drug-likeness (QED) is 0.821. The summed E-state index contributed by atoms with van der Waals surface area (Å²) in [4.78, 5) is 12.0. The van der Waals surface area contributed by atoms with Crippen molar-refractivity contribution in [3.05, 3.63) is 34.6 Å². The SMILES string of the molecule is CCCC(Br)CNC(=O)c1cccc(F)c1Cl. The second-order valence-electron chi connectivity index (χ2n) is 3.70. The lowest BCUT2D eigenvalue weighted by molar-refractivity contribution is 0.0953. The number of carbonyl (C=O) groups excluding carboxylic acids is 1. The van der Waals surface area contributed by atoms with E-state index in [4.69, 9.17) is 11.6 Å². The molecule has 5 heteroatoms. The molecule has 2 nitrogen and oxygen atoms in total. The average molecular weight is 323 g/mol. The smallest absolute Gasteiger partial charge is 0.252 e. The first-order valence-corrected chi connectivity index (χ1v) is 6.72. The molecule has 0 fully saturated rings. The molecule has 0 aliphatic carbocycles. The fraction of sp³-hybridized carbons (Fsp3) is 0.417. The highest BCUT2D eigenvalue weighted by Crippen LogP contribution is 2.19. The first-order valence-electron chi connectivity index (χ1n) is 5.42. The normalized spacial score (nSPS) is 12.2. The van der Waals surface area contributed by atoms with E-state index < -0.39 is 5.82 Å². The van der Waals surface area contributed by atoms with Crippen molar-refractivity contribution < 1.29 is 9.18 Å². The van der Waals surface area contributed by atoms with E-state index in [1.807, 2.05) is 0 Å². The van der Waals surface area contributed by atoms with Crippen molar-refractivity contribution in [3.63, 3.8) is 0 Å². The van der Waals surface area contributed by atoms with Crippen molar-refractivity contribution in [2.75, 3.05) is 6.54 Å². The second kappa shape index (κ2) is 6.97. The molecular formula is C12H14BrClFNO. The first kappa shape index (κ1) is 14.5. The molecule has 0 spiro atoms. The molecule has 0 saturated heterocycles. The van der Waals surface area contributed by atoms with Gasteiger partial charge in [0, 0.05) is 11.4 Å². The van der Waals surface area contributed by atoms with E-state index >= 15 is 0 Å². The monoisotopic (exact) mass is 321 g/mol. The van der Waals surface area contributed by atoms with Crippen molar-refractivity contribution >= 4 is 33.4 Å². The van der Waals surface area contributed by atoms with Gasteiger partial charge in [-0.15, -0.1) is 0 Å². The summed E-state index contributed by atoms with van der Waals surface area (Å²) in [6, 6.07) is 4.20. The topological polar surface area (TPSA) is 29.1 Å². The van der Waals surface area contributed by atoms with Gasteiger partial charge in [-0.2, -0.15) is 0 Å². The van der Waals surface area contributed by atoms with Crippen LogP contribution in [0.1, 0.15) is 30.1 Å². The zero-order valence-electron chi connectivity index (χ0n) is 9.47. The number of carbonyl (C=O) groups is 1. The first-order chi connectivity index (χ1) is 8.06. The van der Waals surface area contributed by atoms with Crippen molar-refractivity contribution in [1.82, 2.24) is 5.32 Å². The molecule has 0 aromatic heterocycles. The lowest BCUT2D eigenvalue weighted by atomic mass is 10.2. The highest BCUT2D eigenvalue weighted by atomic mass is 79.9. The average Bonchev–Trinajstić information content (AvgIpc) is 2.30. The van der Waals surface area contributed by atoms with E-state index in [1.54, 1.807) is 0 Å². The molecule has 1 atom stereocenters. The lowest BCUT2D eigenvalue weighted by Crippen LogP contribution is -2.29. The summed E-state index contributed by atoms with van der Waals surface area (Å²) in [6.45, 7) is 2.57. The van der Waals surface area contributed by atoms with Crippen LogP contribution in [0.2, 0.25) is 5.02 Å². The molecule has 0 heterocycles. The Morgan fingerprint density at radius 3 is 2.94 bits per heavy atom. The van der Waals surface area contributed by atoms with Crippen LogP contribution < -0.4 is 5.32 Å². The molecule has 1 amide bonds. The van der Waals surface area contributed by atoms with Crippen LogP contribution in [-0.4, -0.2) is 17.3 Å². The molecule has 94 valence electrons. The summed E-state index contributed by atoms with van der Waals surface area (Å²) < 4.78 is 13.1. The number of alkyl halides is 1. The van der Waals surface area contributed by atoms with Gasteiger partial charge in [-0.25, -0.2) is 4.39 Å². The largest absolute Gasteiger partial charge is 0.351 e. The van der Waals surface area contributed by atoms with E-state index in [0.29, 0.717) is 6.54 Å². The molecule has 0 saturated carbocycles. The minimum Gasteiger partial charge on any atom is -0.351 e. The van der Waals surface area contributed by atoms with E-state index in [-0.39, 0.29) is 21.3 Å². The summed E-state index contributed by atoms with van der Waals surface area (Å²) in [7, 11) is 0. The summed E-state index contributed by atoms with van der Waals surface area (Å²) in [5.74, 6) is -0.932. The highest BCUT2D eigenvalue weighted by Gasteiger charge is 2.14. The summed E-state index contributed by atoms with van der Waals surface area (Å²) in [5, 5.41) is 2.58. The Kier molecular flexibility index (Phi) is 5.92. The van der Waals surface area contributed by atoms with Crippen molar-refractivity contribution in [2.24, 2.45) is 0 Å². The Morgan fingerprint density at radius 1 is 1.59 bits per heavy atom. The summed E-state index contributed by atoms with van der Waals surface area (Å²) >= 11 is 9.17. The van der Waals surface area contributed by atoms with Crippen LogP contribution in [0.3, 0.4) is 0 Å².